The maximum atomic E-state index is 12.7. The van der Waals surface area contributed by atoms with Crippen LogP contribution in [0.25, 0.3) is 0 Å². The van der Waals surface area contributed by atoms with Crippen molar-refractivity contribution >= 4 is 29.3 Å². The molecule has 1 fully saturated rings. The molecule has 1 atom stereocenters. The van der Waals surface area contributed by atoms with Crippen LogP contribution in [0.2, 0.25) is 0 Å². The molecule has 9 heteroatoms. The minimum atomic E-state index is -0.673. The zero-order valence-electron chi connectivity index (χ0n) is 16.8. The number of carbonyl (C=O) groups is 4. The van der Waals surface area contributed by atoms with Crippen LogP contribution in [0.5, 0.6) is 11.5 Å². The van der Waals surface area contributed by atoms with Crippen LogP contribution in [0.3, 0.4) is 0 Å². The molecule has 9 nitrogen and oxygen atoms in total. The van der Waals surface area contributed by atoms with Crippen molar-refractivity contribution in [1.82, 2.24) is 10.2 Å². The van der Waals surface area contributed by atoms with Crippen LogP contribution < -0.4 is 20.1 Å². The van der Waals surface area contributed by atoms with Crippen LogP contribution in [-0.4, -0.2) is 48.3 Å². The number of methoxy groups -OCH3 is 1. The number of imide groups is 1. The monoisotopic (exact) mass is 423 g/mol. The largest absolute Gasteiger partial charge is 0.495 e. The third kappa shape index (κ3) is 4.20. The second-order valence-corrected chi connectivity index (χ2v) is 7.26. The summed E-state index contributed by atoms with van der Waals surface area (Å²) in [6, 6.07) is 11.3. The van der Waals surface area contributed by atoms with Crippen molar-refractivity contribution in [1.29, 1.82) is 0 Å². The van der Waals surface area contributed by atoms with Crippen LogP contribution in [0.1, 0.15) is 28.8 Å². The molecule has 1 unspecified atom stereocenters. The molecule has 160 valence electrons. The second-order valence-electron chi connectivity index (χ2n) is 7.26. The predicted molar refractivity (Wildman–Crippen MR) is 110 cm³/mol. The average molecular weight is 423 g/mol. The smallest absolute Gasteiger partial charge is 0.262 e. The second kappa shape index (κ2) is 8.47. The number of benzene rings is 2. The van der Waals surface area contributed by atoms with E-state index >= 15 is 0 Å². The lowest BCUT2D eigenvalue weighted by Gasteiger charge is -2.29. The number of carbonyl (C=O) groups excluding carboxylic acids is 4. The lowest BCUT2D eigenvalue weighted by Crippen LogP contribution is -2.52. The van der Waals surface area contributed by atoms with E-state index in [2.05, 4.69) is 10.6 Å². The van der Waals surface area contributed by atoms with Gasteiger partial charge in [0.15, 0.2) is 6.61 Å². The first-order chi connectivity index (χ1) is 15.0. The third-order valence-electron chi connectivity index (χ3n) is 5.25. The number of rotatable bonds is 6. The third-order valence-corrected chi connectivity index (χ3v) is 5.25. The van der Waals surface area contributed by atoms with E-state index in [1.54, 1.807) is 42.5 Å². The Morgan fingerprint density at radius 1 is 1.19 bits per heavy atom. The molecule has 1 saturated heterocycles. The first kappa shape index (κ1) is 20.4. The van der Waals surface area contributed by atoms with E-state index in [9.17, 15) is 19.2 Å². The average Bonchev–Trinajstić information content (AvgIpc) is 3.08. The summed E-state index contributed by atoms with van der Waals surface area (Å²) in [5.41, 5.74) is 1.73. The van der Waals surface area contributed by atoms with Gasteiger partial charge in [0.25, 0.3) is 11.8 Å². The number of anilines is 1. The van der Waals surface area contributed by atoms with Crippen LogP contribution >= 0.6 is 0 Å². The summed E-state index contributed by atoms with van der Waals surface area (Å²) in [6.45, 7) is 0.0205. The molecule has 2 heterocycles. The van der Waals surface area contributed by atoms with Crippen LogP contribution in [-0.2, 0) is 20.9 Å². The minimum absolute atomic E-state index is 0.201. The molecule has 2 N–H and O–H groups in total. The molecule has 31 heavy (non-hydrogen) atoms. The number of piperidine rings is 1. The number of fused-ring (bicyclic) bond motifs is 1. The highest BCUT2D eigenvalue weighted by molar-refractivity contribution is 6.05. The van der Waals surface area contributed by atoms with Gasteiger partial charge in [-0.05, 0) is 42.3 Å². The Hall–Kier alpha value is -3.88. The molecule has 2 aliphatic heterocycles. The number of hydrogen-bond acceptors (Lipinski definition) is 6. The summed E-state index contributed by atoms with van der Waals surface area (Å²) in [4.78, 5) is 49.9. The SMILES string of the molecule is COc1ccccc1NC(=O)COc1ccc2c(c1)CN(C1CCC(=O)NC1=O)C2=O. The highest BCUT2D eigenvalue weighted by Crippen LogP contribution is 2.30. The number of nitrogens with zero attached hydrogens (tertiary/aromatic N) is 1. The van der Waals surface area contributed by atoms with E-state index in [0.717, 1.165) is 0 Å². The molecule has 2 aromatic rings. The zero-order valence-corrected chi connectivity index (χ0v) is 16.8. The topological polar surface area (TPSA) is 114 Å². The van der Waals surface area contributed by atoms with Crippen molar-refractivity contribution in [2.24, 2.45) is 0 Å². The van der Waals surface area contributed by atoms with Gasteiger partial charge in [-0.3, -0.25) is 24.5 Å². The number of para-hydroxylation sites is 2. The lowest BCUT2D eigenvalue weighted by atomic mass is 10.0. The molecule has 0 aliphatic carbocycles. The van der Waals surface area contributed by atoms with Crippen LogP contribution in [0.4, 0.5) is 5.69 Å². The highest BCUT2D eigenvalue weighted by atomic mass is 16.5. The quantitative estimate of drug-likeness (QED) is 0.681. The summed E-state index contributed by atoms with van der Waals surface area (Å²) in [5.74, 6) is -0.419. The summed E-state index contributed by atoms with van der Waals surface area (Å²) < 4.78 is 10.8. The highest BCUT2D eigenvalue weighted by Gasteiger charge is 2.39. The van der Waals surface area contributed by atoms with Crippen molar-refractivity contribution in [3.63, 3.8) is 0 Å². The van der Waals surface area contributed by atoms with Crippen molar-refractivity contribution in [2.75, 3.05) is 19.0 Å². The normalized spacial score (nSPS) is 17.8. The van der Waals surface area contributed by atoms with Crippen molar-refractivity contribution in [3.8, 4) is 11.5 Å². The van der Waals surface area contributed by atoms with Gasteiger partial charge in [0.05, 0.1) is 12.8 Å². The van der Waals surface area contributed by atoms with E-state index in [1.807, 2.05) is 0 Å². The van der Waals surface area contributed by atoms with E-state index in [0.29, 0.717) is 34.7 Å². The predicted octanol–water partition coefficient (Wildman–Crippen LogP) is 1.47. The molecule has 2 aromatic carbocycles. The first-order valence-corrected chi connectivity index (χ1v) is 9.79. The summed E-state index contributed by atoms with van der Waals surface area (Å²) in [6.07, 6.45) is 0.503. The Bertz CT molecular complexity index is 1070. The van der Waals surface area contributed by atoms with Crippen LogP contribution in [0, 0.1) is 0 Å². The number of hydrogen-bond donors (Lipinski definition) is 2. The maximum absolute atomic E-state index is 12.7. The molecule has 0 bridgehead atoms. The number of nitrogens with one attached hydrogen (secondary N) is 2. The zero-order chi connectivity index (χ0) is 22.0. The van der Waals surface area contributed by atoms with Gasteiger partial charge in [0.2, 0.25) is 11.8 Å². The molecule has 0 radical (unpaired) electrons. The summed E-state index contributed by atoms with van der Waals surface area (Å²) in [5, 5.41) is 5.00. The van der Waals surface area contributed by atoms with E-state index in [-0.39, 0.29) is 37.3 Å². The fraction of sp³-hybridized carbons (Fsp3) is 0.273. The molecule has 0 saturated carbocycles. The maximum Gasteiger partial charge on any atom is 0.262 e. The number of ether oxygens (including phenoxy) is 2. The van der Waals surface area contributed by atoms with Gasteiger partial charge in [-0.25, -0.2) is 0 Å². The first-order valence-electron chi connectivity index (χ1n) is 9.79. The van der Waals surface area contributed by atoms with Crippen molar-refractivity contribution < 1.29 is 28.7 Å². The molecule has 2 aliphatic rings. The number of amides is 4. The Morgan fingerprint density at radius 3 is 2.77 bits per heavy atom. The van der Waals surface area contributed by atoms with Crippen LogP contribution in [0.15, 0.2) is 42.5 Å². The molecule has 4 rings (SSSR count). The Balaban J connectivity index is 1.39. The van der Waals surface area contributed by atoms with Gasteiger partial charge < -0.3 is 19.7 Å². The Morgan fingerprint density at radius 2 is 2.00 bits per heavy atom. The fourth-order valence-corrected chi connectivity index (χ4v) is 3.72. The van der Waals surface area contributed by atoms with Gasteiger partial charge in [0, 0.05) is 18.5 Å². The Kier molecular flexibility index (Phi) is 5.57. The van der Waals surface area contributed by atoms with E-state index in [4.69, 9.17) is 9.47 Å². The van der Waals surface area contributed by atoms with Gasteiger partial charge in [-0.2, -0.15) is 0 Å². The lowest BCUT2D eigenvalue weighted by molar-refractivity contribution is -0.137. The molecule has 4 amide bonds. The molecule has 0 spiro atoms. The standard InChI is InChI=1S/C22H21N3O6/c1-30-18-5-3-2-4-16(18)23-20(27)12-31-14-6-7-15-13(10-14)11-25(22(15)29)17-8-9-19(26)24-21(17)28/h2-7,10,17H,8-9,11-12H2,1H3,(H,23,27)(H,24,26,28). The van der Waals surface area contributed by atoms with Crippen molar-refractivity contribution in [3.05, 3.63) is 53.6 Å². The van der Waals surface area contributed by atoms with Gasteiger partial charge in [-0.1, -0.05) is 12.1 Å². The van der Waals surface area contributed by atoms with Gasteiger partial charge >= 0.3 is 0 Å². The summed E-state index contributed by atoms with van der Waals surface area (Å²) >= 11 is 0. The molecule has 0 aromatic heterocycles. The Labute approximate surface area is 178 Å². The van der Waals surface area contributed by atoms with Gasteiger partial charge in [-0.15, -0.1) is 0 Å². The molecular weight excluding hydrogens is 402 g/mol. The van der Waals surface area contributed by atoms with Gasteiger partial charge in [0.1, 0.15) is 17.5 Å². The minimum Gasteiger partial charge on any atom is -0.495 e. The molecular formula is C22H21N3O6. The fourth-order valence-electron chi connectivity index (χ4n) is 3.72. The van der Waals surface area contributed by atoms with Crippen molar-refractivity contribution in [2.45, 2.75) is 25.4 Å². The van der Waals surface area contributed by atoms with E-state index in [1.165, 1.54) is 12.0 Å². The van der Waals surface area contributed by atoms with E-state index < -0.39 is 11.9 Å². The summed E-state index contributed by atoms with van der Waals surface area (Å²) in [7, 11) is 1.52.